The van der Waals surface area contributed by atoms with Crippen molar-refractivity contribution in [1.82, 2.24) is 15.3 Å². The number of urea groups is 1. The molecular weight excluding hydrogens is 284 g/mol. The van der Waals surface area contributed by atoms with Crippen LogP contribution >= 0.6 is 11.8 Å². The fourth-order valence-electron chi connectivity index (χ4n) is 1.69. The number of carbonyl (C=O) groups is 1. The molecule has 110 valence electrons. The molecule has 0 radical (unpaired) electrons. The van der Waals surface area contributed by atoms with E-state index in [1.54, 1.807) is 12.4 Å². The average molecular weight is 302 g/mol. The number of nitrogens with one attached hydrogen (secondary N) is 2. The fraction of sp³-hybridized carbons (Fsp3) is 0.267. The van der Waals surface area contributed by atoms with Crippen LogP contribution in [0.1, 0.15) is 18.2 Å². The SMILES string of the molecule is CCSCc1ccnc(NC(=O)NCc2ccccn2)c1. The van der Waals surface area contributed by atoms with Crippen LogP contribution in [-0.4, -0.2) is 21.8 Å². The molecule has 0 spiro atoms. The molecule has 21 heavy (non-hydrogen) atoms. The molecule has 0 saturated carbocycles. The summed E-state index contributed by atoms with van der Waals surface area (Å²) in [6.45, 7) is 2.51. The Bertz CT molecular complexity index is 577. The maximum Gasteiger partial charge on any atom is 0.320 e. The zero-order valence-electron chi connectivity index (χ0n) is 11.9. The van der Waals surface area contributed by atoms with Crippen molar-refractivity contribution < 1.29 is 4.79 Å². The summed E-state index contributed by atoms with van der Waals surface area (Å²) in [4.78, 5) is 20.1. The predicted molar refractivity (Wildman–Crippen MR) is 86.2 cm³/mol. The van der Waals surface area contributed by atoms with Gasteiger partial charge >= 0.3 is 6.03 Å². The smallest absolute Gasteiger partial charge is 0.320 e. The number of carbonyl (C=O) groups excluding carboxylic acids is 1. The minimum Gasteiger partial charge on any atom is -0.332 e. The predicted octanol–water partition coefficient (Wildman–Crippen LogP) is 3.05. The highest BCUT2D eigenvalue weighted by Gasteiger charge is 2.04. The molecule has 0 aliphatic heterocycles. The van der Waals surface area contributed by atoms with Gasteiger partial charge in [-0.3, -0.25) is 10.3 Å². The van der Waals surface area contributed by atoms with Gasteiger partial charge in [-0.05, 0) is 35.6 Å². The Morgan fingerprint density at radius 1 is 1.24 bits per heavy atom. The van der Waals surface area contributed by atoms with Crippen LogP contribution in [0, 0.1) is 0 Å². The summed E-state index contributed by atoms with van der Waals surface area (Å²) in [5, 5.41) is 5.48. The van der Waals surface area contributed by atoms with Crippen LogP contribution in [0.3, 0.4) is 0 Å². The van der Waals surface area contributed by atoms with E-state index >= 15 is 0 Å². The van der Waals surface area contributed by atoms with Gasteiger partial charge in [-0.15, -0.1) is 0 Å². The zero-order chi connectivity index (χ0) is 14.9. The van der Waals surface area contributed by atoms with Crippen LogP contribution in [0.4, 0.5) is 10.6 Å². The van der Waals surface area contributed by atoms with Crippen molar-refractivity contribution >= 4 is 23.6 Å². The molecule has 0 unspecified atom stereocenters. The molecule has 0 aliphatic carbocycles. The summed E-state index contributed by atoms with van der Waals surface area (Å²) in [6, 6.07) is 9.16. The van der Waals surface area contributed by atoms with Crippen molar-refractivity contribution in [3.05, 3.63) is 54.0 Å². The molecule has 2 rings (SSSR count). The van der Waals surface area contributed by atoms with E-state index in [-0.39, 0.29) is 6.03 Å². The van der Waals surface area contributed by atoms with E-state index in [4.69, 9.17) is 0 Å². The molecular formula is C15H18N4OS. The molecule has 2 aromatic rings. The summed E-state index contributed by atoms with van der Waals surface area (Å²) in [6.07, 6.45) is 3.41. The van der Waals surface area contributed by atoms with E-state index < -0.39 is 0 Å². The highest BCUT2D eigenvalue weighted by molar-refractivity contribution is 7.98. The van der Waals surface area contributed by atoms with Gasteiger partial charge in [-0.1, -0.05) is 13.0 Å². The normalized spacial score (nSPS) is 10.1. The van der Waals surface area contributed by atoms with Crippen LogP contribution < -0.4 is 10.6 Å². The molecule has 5 nitrogen and oxygen atoms in total. The first-order valence-corrected chi connectivity index (χ1v) is 7.91. The second kappa shape index (κ2) is 8.26. The first-order valence-electron chi connectivity index (χ1n) is 6.75. The van der Waals surface area contributed by atoms with Crippen LogP contribution in [0.2, 0.25) is 0 Å². The van der Waals surface area contributed by atoms with Crippen molar-refractivity contribution in [2.75, 3.05) is 11.1 Å². The first kappa shape index (κ1) is 15.3. The van der Waals surface area contributed by atoms with E-state index in [9.17, 15) is 4.79 Å². The van der Waals surface area contributed by atoms with Gasteiger partial charge in [0.2, 0.25) is 0 Å². The lowest BCUT2D eigenvalue weighted by molar-refractivity contribution is 0.251. The van der Waals surface area contributed by atoms with Crippen LogP contribution in [0.5, 0.6) is 0 Å². The Morgan fingerprint density at radius 2 is 2.14 bits per heavy atom. The Balaban J connectivity index is 1.84. The molecule has 2 amide bonds. The summed E-state index contributed by atoms with van der Waals surface area (Å²) in [5.41, 5.74) is 1.96. The second-order valence-corrected chi connectivity index (χ2v) is 5.59. The second-order valence-electron chi connectivity index (χ2n) is 4.32. The lowest BCUT2D eigenvalue weighted by Gasteiger charge is -2.08. The molecule has 0 saturated heterocycles. The molecule has 2 heterocycles. The number of amides is 2. The van der Waals surface area contributed by atoms with Crippen molar-refractivity contribution in [3.8, 4) is 0 Å². The number of pyridine rings is 2. The Morgan fingerprint density at radius 3 is 2.90 bits per heavy atom. The standard InChI is InChI=1S/C15H18N4OS/c1-2-21-11-12-6-8-17-14(9-12)19-15(20)18-10-13-5-3-4-7-16-13/h3-9H,2,10-11H2,1H3,(H2,17,18,19,20). The highest BCUT2D eigenvalue weighted by atomic mass is 32.2. The molecule has 0 atom stereocenters. The first-order chi connectivity index (χ1) is 10.3. The van der Waals surface area contributed by atoms with Gasteiger partial charge in [0.1, 0.15) is 5.82 Å². The molecule has 0 aliphatic rings. The number of rotatable bonds is 6. The lowest BCUT2D eigenvalue weighted by Crippen LogP contribution is -2.28. The Hall–Kier alpha value is -2.08. The van der Waals surface area contributed by atoms with Gasteiger partial charge in [0, 0.05) is 18.1 Å². The third-order valence-electron chi connectivity index (χ3n) is 2.70. The van der Waals surface area contributed by atoms with Gasteiger partial charge in [0.25, 0.3) is 0 Å². The number of aromatic nitrogens is 2. The molecule has 0 bridgehead atoms. The van der Waals surface area contributed by atoms with Crippen molar-refractivity contribution in [2.24, 2.45) is 0 Å². The van der Waals surface area contributed by atoms with Gasteiger partial charge < -0.3 is 5.32 Å². The van der Waals surface area contributed by atoms with Crippen molar-refractivity contribution in [2.45, 2.75) is 19.2 Å². The van der Waals surface area contributed by atoms with E-state index in [0.29, 0.717) is 12.4 Å². The number of nitrogens with zero attached hydrogens (tertiary/aromatic N) is 2. The largest absolute Gasteiger partial charge is 0.332 e. The van der Waals surface area contributed by atoms with Crippen molar-refractivity contribution in [1.29, 1.82) is 0 Å². The third-order valence-corrected chi connectivity index (χ3v) is 3.64. The van der Waals surface area contributed by atoms with Crippen LogP contribution in [-0.2, 0) is 12.3 Å². The Kier molecular flexibility index (Phi) is 6.02. The summed E-state index contributed by atoms with van der Waals surface area (Å²) in [7, 11) is 0. The maximum atomic E-state index is 11.8. The van der Waals surface area contributed by atoms with Gasteiger partial charge in [-0.2, -0.15) is 11.8 Å². The van der Waals surface area contributed by atoms with Gasteiger partial charge in [0.15, 0.2) is 0 Å². The van der Waals surface area contributed by atoms with Crippen molar-refractivity contribution in [3.63, 3.8) is 0 Å². The third kappa shape index (κ3) is 5.43. The number of anilines is 1. The number of hydrogen-bond acceptors (Lipinski definition) is 4. The lowest BCUT2D eigenvalue weighted by atomic mass is 10.3. The van der Waals surface area contributed by atoms with E-state index in [1.807, 2.05) is 42.1 Å². The molecule has 0 fully saturated rings. The quantitative estimate of drug-likeness (QED) is 0.860. The Labute approximate surface area is 128 Å². The molecule has 0 aromatic carbocycles. The van der Waals surface area contributed by atoms with E-state index in [2.05, 4.69) is 27.5 Å². The van der Waals surface area contributed by atoms with Gasteiger partial charge in [-0.25, -0.2) is 9.78 Å². The van der Waals surface area contributed by atoms with E-state index in [0.717, 1.165) is 22.8 Å². The highest BCUT2D eigenvalue weighted by Crippen LogP contribution is 2.14. The zero-order valence-corrected chi connectivity index (χ0v) is 12.7. The molecule has 2 N–H and O–H groups in total. The summed E-state index contributed by atoms with van der Waals surface area (Å²) < 4.78 is 0. The molecule has 6 heteroatoms. The monoisotopic (exact) mass is 302 g/mol. The van der Waals surface area contributed by atoms with Crippen LogP contribution in [0.25, 0.3) is 0 Å². The average Bonchev–Trinajstić information content (AvgIpc) is 2.52. The minimum absolute atomic E-state index is 0.284. The van der Waals surface area contributed by atoms with Crippen LogP contribution in [0.15, 0.2) is 42.7 Å². The summed E-state index contributed by atoms with van der Waals surface area (Å²) >= 11 is 1.83. The molecule has 2 aromatic heterocycles. The topological polar surface area (TPSA) is 66.9 Å². The fourth-order valence-corrected chi connectivity index (χ4v) is 2.31. The minimum atomic E-state index is -0.284. The number of thioether (sulfide) groups is 1. The number of hydrogen-bond donors (Lipinski definition) is 2. The van der Waals surface area contributed by atoms with Gasteiger partial charge in [0.05, 0.1) is 12.2 Å². The van der Waals surface area contributed by atoms with E-state index in [1.165, 1.54) is 0 Å². The summed E-state index contributed by atoms with van der Waals surface area (Å²) in [5.74, 6) is 2.54. The maximum absolute atomic E-state index is 11.8.